The number of benzene rings is 3. The van der Waals surface area contributed by atoms with Crippen LogP contribution < -0.4 is 4.74 Å². The predicted octanol–water partition coefficient (Wildman–Crippen LogP) is 5.26. The van der Waals surface area contributed by atoms with E-state index in [1.54, 1.807) is 12.1 Å². The molecule has 4 rings (SSSR count). The van der Waals surface area contributed by atoms with Gasteiger partial charge in [0.05, 0.1) is 11.0 Å². The summed E-state index contributed by atoms with van der Waals surface area (Å²) in [5, 5.41) is 0. The third kappa shape index (κ3) is 3.38. The van der Waals surface area contributed by atoms with Gasteiger partial charge in [-0.3, -0.25) is 0 Å². The zero-order valence-corrected chi connectivity index (χ0v) is 13.8. The van der Waals surface area contributed by atoms with Crippen LogP contribution in [0.4, 0.5) is 4.39 Å². The number of H-pyrrole nitrogens is 1. The first-order chi connectivity index (χ1) is 12.2. The molecule has 0 unspecified atom stereocenters. The van der Waals surface area contributed by atoms with E-state index in [9.17, 15) is 4.39 Å². The van der Waals surface area contributed by atoms with Crippen molar-refractivity contribution in [1.82, 2.24) is 9.97 Å². The van der Waals surface area contributed by atoms with Gasteiger partial charge in [-0.25, -0.2) is 9.37 Å². The molecule has 0 fully saturated rings. The van der Waals surface area contributed by atoms with Crippen molar-refractivity contribution in [2.75, 3.05) is 0 Å². The lowest BCUT2D eigenvalue weighted by Crippen LogP contribution is -1.95. The van der Waals surface area contributed by atoms with Crippen LogP contribution in [0, 0.1) is 12.7 Å². The Morgan fingerprint density at radius 2 is 1.72 bits per heavy atom. The molecule has 25 heavy (non-hydrogen) atoms. The van der Waals surface area contributed by atoms with E-state index in [0.29, 0.717) is 6.61 Å². The first-order valence-corrected chi connectivity index (χ1v) is 8.11. The van der Waals surface area contributed by atoms with E-state index in [0.717, 1.165) is 33.7 Å². The molecule has 1 aromatic heterocycles. The Morgan fingerprint density at radius 1 is 0.960 bits per heavy atom. The standard InChI is InChI=1S/C21H17FN2O/c1-14-2-11-19-20(12-14)24-21(23-19)16-5-9-18(10-6-16)25-13-15-3-7-17(22)8-4-15/h2-12H,13H2,1H3,(H,23,24). The molecule has 0 saturated heterocycles. The summed E-state index contributed by atoms with van der Waals surface area (Å²) in [7, 11) is 0. The number of ether oxygens (including phenoxy) is 1. The van der Waals surface area contributed by atoms with Crippen molar-refractivity contribution in [3.8, 4) is 17.1 Å². The highest BCUT2D eigenvalue weighted by Crippen LogP contribution is 2.23. The van der Waals surface area contributed by atoms with E-state index in [-0.39, 0.29) is 5.82 Å². The van der Waals surface area contributed by atoms with Crippen LogP contribution in [0.15, 0.2) is 66.7 Å². The van der Waals surface area contributed by atoms with E-state index in [1.165, 1.54) is 17.7 Å². The summed E-state index contributed by atoms with van der Waals surface area (Å²) in [6.45, 7) is 2.47. The summed E-state index contributed by atoms with van der Waals surface area (Å²) in [6.07, 6.45) is 0. The highest BCUT2D eigenvalue weighted by atomic mass is 19.1. The van der Waals surface area contributed by atoms with E-state index < -0.39 is 0 Å². The second kappa shape index (κ2) is 6.40. The maximum atomic E-state index is 12.9. The molecule has 0 aliphatic heterocycles. The minimum Gasteiger partial charge on any atom is -0.489 e. The smallest absolute Gasteiger partial charge is 0.138 e. The number of aryl methyl sites for hydroxylation is 1. The number of fused-ring (bicyclic) bond motifs is 1. The van der Waals surface area contributed by atoms with Gasteiger partial charge < -0.3 is 9.72 Å². The number of aromatic nitrogens is 2. The van der Waals surface area contributed by atoms with E-state index in [1.807, 2.05) is 30.3 Å². The zero-order chi connectivity index (χ0) is 17.2. The number of hydrogen-bond acceptors (Lipinski definition) is 2. The molecule has 0 aliphatic carbocycles. The Morgan fingerprint density at radius 3 is 2.48 bits per heavy atom. The second-order valence-corrected chi connectivity index (χ2v) is 6.05. The van der Waals surface area contributed by atoms with Crippen molar-refractivity contribution < 1.29 is 9.13 Å². The van der Waals surface area contributed by atoms with Gasteiger partial charge in [-0.2, -0.15) is 0 Å². The Kier molecular flexibility index (Phi) is 3.94. The van der Waals surface area contributed by atoms with Crippen molar-refractivity contribution in [3.05, 3.63) is 83.7 Å². The fourth-order valence-corrected chi connectivity index (χ4v) is 2.72. The minimum atomic E-state index is -0.242. The lowest BCUT2D eigenvalue weighted by atomic mass is 10.2. The molecule has 0 spiro atoms. The van der Waals surface area contributed by atoms with Crippen LogP contribution in [0.2, 0.25) is 0 Å². The highest BCUT2D eigenvalue weighted by Gasteiger charge is 2.06. The van der Waals surface area contributed by atoms with E-state index in [2.05, 4.69) is 29.0 Å². The van der Waals surface area contributed by atoms with Gasteiger partial charge in [-0.15, -0.1) is 0 Å². The third-order valence-corrected chi connectivity index (χ3v) is 4.08. The number of nitrogens with zero attached hydrogens (tertiary/aromatic N) is 1. The lowest BCUT2D eigenvalue weighted by molar-refractivity contribution is 0.306. The first-order valence-electron chi connectivity index (χ1n) is 8.11. The summed E-state index contributed by atoms with van der Waals surface area (Å²) in [6, 6.07) is 20.3. The molecule has 0 saturated carbocycles. The fourth-order valence-electron chi connectivity index (χ4n) is 2.72. The quantitative estimate of drug-likeness (QED) is 0.554. The molecular weight excluding hydrogens is 315 g/mol. The Balaban J connectivity index is 1.49. The summed E-state index contributed by atoms with van der Waals surface area (Å²) in [5.41, 5.74) is 5.12. The molecule has 0 aliphatic rings. The van der Waals surface area contributed by atoms with Gasteiger partial charge in [0.25, 0.3) is 0 Å². The molecule has 0 bridgehead atoms. The molecule has 0 radical (unpaired) electrons. The van der Waals surface area contributed by atoms with E-state index >= 15 is 0 Å². The van der Waals surface area contributed by atoms with Crippen molar-refractivity contribution in [2.24, 2.45) is 0 Å². The molecule has 0 atom stereocenters. The molecule has 3 aromatic carbocycles. The second-order valence-electron chi connectivity index (χ2n) is 6.05. The molecule has 1 N–H and O–H groups in total. The largest absolute Gasteiger partial charge is 0.489 e. The number of halogens is 1. The number of nitrogens with one attached hydrogen (secondary N) is 1. The Labute approximate surface area is 145 Å². The van der Waals surface area contributed by atoms with Gasteiger partial charge in [0.2, 0.25) is 0 Å². The van der Waals surface area contributed by atoms with Crippen molar-refractivity contribution in [2.45, 2.75) is 13.5 Å². The van der Waals surface area contributed by atoms with Crippen LogP contribution in [-0.2, 0) is 6.61 Å². The van der Waals surface area contributed by atoms with Gasteiger partial charge in [0.15, 0.2) is 0 Å². The topological polar surface area (TPSA) is 37.9 Å². The highest BCUT2D eigenvalue weighted by molar-refractivity contribution is 5.80. The van der Waals surface area contributed by atoms with Crippen molar-refractivity contribution in [1.29, 1.82) is 0 Å². The average molecular weight is 332 g/mol. The number of aromatic amines is 1. The Bertz CT molecular complexity index is 1000. The van der Waals surface area contributed by atoms with Crippen LogP contribution in [0.1, 0.15) is 11.1 Å². The number of imidazole rings is 1. The van der Waals surface area contributed by atoms with Crippen molar-refractivity contribution >= 4 is 11.0 Å². The number of hydrogen-bond donors (Lipinski definition) is 1. The van der Waals surface area contributed by atoms with Gasteiger partial charge in [-0.05, 0) is 66.6 Å². The van der Waals surface area contributed by atoms with Crippen LogP contribution in [0.3, 0.4) is 0 Å². The lowest BCUT2D eigenvalue weighted by Gasteiger charge is -2.07. The van der Waals surface area contributed by atoms with Crippen LogP contribution in [-0.4, -0.2) is 9.97 Å². The SMILES string of the molecule is Cc1ccc2nc(-c3ccc(OCc4ccc(F)cc4)cc3)[nH]c2c1. The molecule has 1 heterocycles. The summed E-state index contributed by atoms with van der Waals surface area (Å²) in [5.74, 6) is 1.36. The fraction of sp³-hybridized carbons (Fsp3) is 0.0952. The molecular formula is C21H17FN2O. The third-order valence-electron chi connectivity index (χ3n) is 4.08. The normalized spacial score (nSPS) is 11.0. The maximum Gasteiger partial charge on any atom is 0.138 e. The molecule has 4 heteroatoms. The minimum absolute atomic E-state index is 0.242. The van der Waals surface area contributed by atoms with Crippen LogP contribution in [0.5, 0.6) is 5.75 Å². The maximum absolute atomic E-state index is 12.9. The van der Waals surface area contributed by atoms with Gasteiger partial charge in [0, 0.05) is 5.56 Å². The molecule has 0 amide bonds. The Hall–Kier alpha value is -3.14. The summed E-state index contributed by atoms with van der Waals surface area (Å²) >= 11 is 0. The van der Waals surface area contributed by atoms with Crippen LogP contribution in [0.25, 0.3) is 22.4 Å². The molecule has 3 nitrogen and oxygen atoms in total. The van der Waals surface area contributed by atoms with Crippen LogP contribution >= 0.6 is 0 Å². The zero-order valence-electron chi connectivity index (χ0n) is 13.8. The average Bonchev–Trinajstić information content (AvgIpc) is 3.05. The summed E-state index contributed by atoms with van der Waals surface area (Å²) in [4.78, 5) is 7.97. The number of rotatable bonds is 4. The first kappa shape index (κ1) is 15.4. The monoisotopic (exact) mass is 332 g/mol. The van der Waals surface area contributed by atoms with Gasteiger partial charge in [-0.1, -0.05) is 18.2 Å². The molecule has 4 aromatic rings. The van der Waals surface area contributed by atoms with Gasteiger partial charge in [0.1, 0.15) is 24.0 Å². The summed E-state index contributed by atoms with van der Waals surface area (Å²) < 4.78 is 18.6. The van der Waals surface area contributed by atoms with E-state index in [4.69, 9.17) is 4.74 Å². The predicted molar refractivity (Wildman–Crippen MR) is 97.0 cm³/mol. The van der Waals surface area contributed by atoms with Gasteiger partial charge >= 0.3 is 0 Å². The van der Waals surface area contributed by atoms with Crippen molar-refractivity contribution in [3.63, 3.8) is 0 Å². The molecule has 124 valence electrons.